The van der Waals surface area contributed by atoms with Crippen LogP contribution in [-0.2, 0) is 35.3 Å². The lowest BCUT2D eigenvalue weighted by atomic mass is 10.0. The third kappa shape index (κ3) is 7.54. The number of carbonyl (C=O) groups is 2. The Morgan fingerprint density at radius 3 is 2.43 bits per heavy atom. The van der Waals surface area contributed by atoms with Gasteiger partial charge in [-0.15, -0.1) is 0 Å². The number of alkyl carbamates (subject to hydrolysis) is 1. The van der Waals surface area contributed by atoms with E-state index in [1.165, 1.54) is 6.92 Å². The molecule has 2 aromatic rings. The molecular weight excluding hydrogens is 563 g/mol. The molecule has 2 aliphatic heterocycles. The molecule has 0 saturated carbocycles. The lowest BCUT2D eigenvalue weighted by Crippen LogP contribution is -2.46. The van der Waals surface area contributed by atoms with Gasteiger partial charge in [0, 0.05) is 30.8 Å². The highest BCUT2D eigenvalue weighted by Gasteiger charge is 2.35. The van der Waals surface area contributed by atoms with Gasteiger partial charge in [-0.05, 0) is 39.3 Å². The molecule has 0 aliphatic carbocycles. The van der Waals surface area contributed by atoms with E-state index >= 15 is 0 Å². The van der Waals surface area contributed by atoms with Crippen molar-refractivity contribution in [2.45, 2.75) is 65.1 Å². The monoisotopic (exact) mass is 595 g/mol. The van der Waals surface area contributed by atoms with E-state index < -0.39 is 40.1 Å². The van der Waals surface area contributed by atoms with Crippen molar-refractivity contribution in [1.82, 2.24) is 25.1 Å². The standard InChI is InChI=1S/C26H32F3N7O6/c1-15(16-9-17(26(27,28)29)11-18(10-16)36(39)40)31-22-19-13-35(24(38)34-5-7-41-8-6-34)14-20(19)32-21(33-22)12-30-23(37)42-25(2,3)4/h9-11,15H,5-8,12-14H2,1-4H3,(H,30,37)(H,31,32,33)/t15-/m1/s1. The molecule has 0 unspecified atom stereocenters. The van der Waals surface area contributed by atoms with Crippen LogP contribution in [0, 0.1) is 10.1 Å². The minimum absolute atomic E-state index is 0.0107. The first-order valence-electron chi connectivity index (χ1n) is 13.2. The Hall–Kier alpha value is -4.21. The van der Waals surface area contributed by atoms with Crippen molar-refractivity contribution in [3.8, 4) is 0 Å². The molecule has 0 radical (unpaired) electrons. The van der Waals surface area contributed by atoms with Crippen LogP contribution in [0.2, 0.25) is 0 Å². The molecule has 4 rings (SSSR count). The first-order chi connectivity index (χ1) is 19.6. The fourth-order valence-electron chi connectivity index (χ4n) is 4.50. The Labute approximate surface area is 239 Å². The van der Waals surface area contributed by atoms with E-state index in [0.29, 0.717) is 43.6 Å². The first-order valence-corrected chi connectivity index (χ1v) is 13.2. The second-order valence-electron chi connectivity index (χ2n) is 10.9. The van der Waals surface area contributed by atoms with E-state index in [-0.39, 0.29) is 42.9 Å². The Bertz CT molecular complexity index is 1360. The molecule has 3 heterocycles. The third-order valence-corrected chi connectivity index (χ3v) is 6.50. The van der Waals surface area contributed by atoms with E-state index in [1.54, 1.807) is 30.6 Å². The van der Waals surface area contributed by atoms with Gasteiger partial charge >= 0.3 is 18.3 Å². The molecule has 42 heavy (non-hydrogen) atoms. The average molecular weight is 596 g/mol. The van der Waals surface area contributed by atoms with Crippen LogP contribution in [0.4, 0.5) is 34.3 Å². The summed E-state index contributed by atoms with van der Waals surface area (Å²) >= 11 is 0. The van der Waals surface area contributed by atoms with Gasteiger partial charge in [0.1, 0.15) is 17.2 Å². The molecule has 2 N–H and O–H groups in total. The van der Waals surface area contributed by atoms with E-state index in [1.807, 2.05) is 0 Å². The predicted octanol–water partition coefficient (Wildman–Crippen LogP) is 4.37. The number of non-ortho nitro benzene ring substituents is 1. The smallest absolute Gasteiger partial charge is 0.416 e. The molecule has 1 fully saturated rings. The third-order valence-electron chi connectivity index (χ3n) is 6.50. The van der Waals surface area contributed by atoms with Crippen LogP contribution in [0.3, 0.4) is 0 Å². The molecular formula is C26H32F3N7O6. The second-order valence-corrected chi connectivity index (χ2v) is 10.9. The molecule has 1 aromatic carbocycles. The normalized spacial score (nSPS) is 16.1. The number of anilines is 1. The van der Waals surface area contributed by atoms with Gasteiger partial charge in [-0.2, -0.15) is 13.2 Å². The number of hydrogen-bond acceptors (Lipinski definition) is 9. The highest BCUT2D eigenvalue weighted by Crippen LogP contribution is 2.36. The maximum atomic E-state index is 13.5. The lowest BCUT2D eigenvalue weighted by Gasteiger charge is -2.30. The number of urea groups is 1. The summed E-state index contributed by atoms with van der Waals surface area (Å²) in [7, 11) is 0. The van der Waals surface area contributed by atoms with Gasteiger partial charge < -0.3 is 29.9 Å². The van der Waals surface area contributed by atoms with Gasteiger partial charge in [0.05, 0.1) is 55.1 Å². The fraction of sp³-hybridized carbons (Fsp3) is 0.538. The minimum Gasteiger partial charge on any atom is -0.444 e. The van der Waals surface area contributed by atoms with Gasteiger partial charge in [-0.1, -0.05) is 0 Å². The zero-order valence-electron chi connectivity index (χ0n) is 23.6. The highest BCUT2D eigenvalue weighted by atomic mass is 19.4. The van der Waals surface area contributed by atoms with Crippen molar-refractivity contribution < 1.29 is 37.2 Å². The molecule has 1 saturated heterocycles. The maximum absolute atomic E-state index is 13.5. The Kier molecular flexibility index (Phi) is 8.75. The quantitative estimate of drug-likeness (QED) is 0.366. The molecule has 0 bridgehead atoms. The van der Waals surface area contributed by atoms with Crippen molar-refractivity contribution in [3.63, 3.8) is 0 Å². The Morgan fingerprint density at radius 1 is 1.12 bits per heavy atom. The molecule has 228 valence electrons. The summed E-state index contributed by atoms with van der Waals surface area (Å²) in [6.07, 6.45) is -5.49. The second kappa shape index (κ2) is 12.0. The van der Waals surface area contributed by atoms with Crippen molar-refractivity contribution in [3.05, 3.63) is 56.5 Å². The number of nitrogens with one attached hydrogen (secondary N) is 2. The topological polar surface area (TPSA) is 152 Å². The highest BCUT2D eigenvalue weighted by molar-refractivity contribution is 5.76. The number of amides is 3. The van der Waals surface area contributed by atoms with Crippen LogP contribution >= 0.6 is 0 Å². The molecule has 3 amide bonds. The largest absolute Gasteiger partial charge is 0.444 e. The van der Waals surface area contributed by atoms with E-state index in [0.717, 1.165) is 12.1 Å². The summed E-state index contributed by atoms with van der Waals surface area (Å²) in [6, 6.07) is 1.30. The molecule has 16 heteroatoms. The van der Waals surface area contributed by atoms with Crippen LogP contribution in [0.25, 0.3) is 0 Å². The summed E-state index contributed by atoms with van der Waals surface area (Å²) in [4.78, 5) is 48.1. The van der Waals surface area contributed by atoms with Crippen LogP contribution in [0.5, 0.6) is 0 Å². The summed E-state index contributed by atoms with van der Waals surface area (Å²) in [5, 5.41) is 17.0. The Balaban J connectivity index is 1.63. The summed E-state index contributed by atoms with van der Waals surface area (Å²) in [6.45, 7) is 8.50. The number of carbonyl (C=O) groups excluding carboxylic acids is 2. The number of nitro groups is 1. The van der Waals surface area contributed by atoms with E-state index in [4.69, 9.17) is 9.47 Å². The van der Waals surface area contributed by atoms with Gasteiger partial charge in [-0.3, -0.25) is 10.1 Å². The average Bonchev–Trinajstić information content (AvgIpc) is 3.35. The van der Waals surface area contributed by atoms with Crippen molar-refractivity contribution in [2.75, 3.05) is 31.6 Å². The number of ether oxygens (including phenoxy) is 2. The number of hydrogen-bond donors (Lipinski definition) is 2. The van der Waals surface area contributed by atoms with Crippen molar-refractivity contribution in [2.24, 2.45) is 0 Å². The number of benzene rings is 1. The van der Waals surface area contributed by atoms with Crippen LogP contribution in [0.15, 0.2) is 18.2 Å². The summed E-state index contributed by atoms with van der Waals surface area (Å²) < 4.78 is 51.1. The van der Waals surface area contributed by atoms with E-state index in [2.05, 4.69) is 20.6 Å². The van der Waals surface area contributed by atoms with Gasteiger partial charge in [0.15, 0.2) is 0 Å². The van der Waals surface area contributed by atoms with Gasteiger partial charge in [0.2, 0.25) is 0 Å². The summed E-state index contributed by atoms with van der Waals surface area (Å²) in [5.41, 5.74) is -1.54. The zero-order chi connectivity index (χ0) is 30.8. The first kappa shape index (κ1) is 30.7. The van der Waals surface area contributed by atoms with Crippen molar-refractivity contribution >= 4 is 23.6 Å². The zero-order valence-corrected chi connectivity index (χ0v) is 23.6. The van der Waals surface area contributed by atoms with Crippen LogP contribution < -0.4 is 10.6 Å². The number of alkyl halides is 3. The van der Waals surface area contributed by atoms with Crippen LogP contribution in [-0.4, -0.2) is 68.7 Å². The minimum atomic E-state index is -4.79. The van der Waals surface area contributed by atoms with E-state index in [9.17, 15) is 32.9 Å². The van der Waals surface area contributed by atoms with Crippen molar-refractivity contribution in [1.29, 1.82) is 0 Å². The number of aromatic nitrogens is 2. The number of rotatable bonds is 6. The molecule has 2 aliphatic rings. The number of nitro benzene ring substituents is 1. The number of halogens is 3. The molecule has 1 aromatic heterocycles. The van der Waals surface area contributed by atoms with Crippen LogP contribution in [0.1, 0.15) is 61.9 Å². The number of fused-ring (bicyclic) bond motifs is 1. The van der Waals surface area contributed by atoms with Gasteiger partial charge in [0.25, 0.3) is 5.69 Å². The SMILES string of the molecule is C[C@@H](Nc1nc(CNC(=O)OC(C)(C)C)nc2c1CN(C(=O)N1CCOCC1)C2)c1cc([N+](=O)[O-])cc(C(F)(F)F)c1. The lowest BCUT2D eigenvalue weighted by molar-refractivity contribution is -0.385. The number of morpholine rings is 1. The maximum Gasteiger partial charge on any atom is 0.416 e. The van der Waals surface area contributed by atoms with Gasteiger partial charge in [-0.25, -0.2) is 19.6 Å². The Morgan fingerprint density at radius 2 is 1.81 bits per heavy atom. The predicted molar refractivity (Wildman–Crippen MR) is 142 cm³/mol. The number of nitrogens with zero attached hydrogens (tertiary/aromatic N) is 5. The summed E-state index contributed by atoms with van der Waals surface area (Å²) in [5.74, 6) is 0.399. The molecule has 1 atom stereocenters. The molecule has 0 spiro atoms. The fourth-order valence-corrected chi connectivity index (χ4v) is 4.50. The molecule has 13 nitrogen and oxygen atoms in total.